The molecule has 1 aliphatic heterocycles. The number of benzene rings is 1. The maximum atomic E-state index is 5.77. The lowest BCUT2D eigenvalue weighted by molar-refractivity contribution is 0.161. The fraction of sp³-hybridized carbons (Fsp3) is 0.450. The molecule has 1 aromatic heterocycles. The number of hydrogen-bond donors (Lipinski definition) is 1. The monoisotopic (exact) mass is 342 g/mol. The molecule has 0 aliphatic carbocycles. The van der Waals surface area contributed by atoms with Gasteiger partial charge in [0.1, 0.15) is 5.01 Å². The van der Waals surface area contributed by atoms with Gasteiger partial charge in [0.15, 0.2) is 0 Å². The molecule has 0 unspecified atom stereocenters. The molecule has 0 spiro atoms. The van der Waals surface area contributed by atoms with Crippen molar-refractivity contribution in [1.82, 2.24) is 4.98 Å². The molecule has 3 nitrogen and oxygen atoms in total. The molecule has 0 fully saturated rings. The summed E-state index contributed by atoms with van der Waals surface area (Å²) in [6, 6.07) is 6.56. The molecule has 2 N–H and O–H groups in total. The Morgan fingerprint density at radius 2 is 2.08 bits per heavy atom. The van der Waals surface area contributed by atoms with E-state index in [1.54, 1.807) is 0 Å². The van der Waals surface area contributed by atoms with Crippen molar-refractivity contribution in [1.29, 1.82) is 0 Å². The number of thiazole rings is 1. The third-order valence-corrected chi connectivity index (χ3v) is 5.70. The molecule has 1 aromatic carbocycles. The lowest BCUT2D eigenvalue weighted by Crippen LogP contribution is -2.05. The van der Waals surface area contributed by atoms with Crippen LogP contribution in [0.25, 0.3) is 16.1 Å². The van der Waals surface area contributed by atoms with Gasteiger partial charge in [-0.2, -0.15) is 0 Å². The fourth-order valence-electron chi connectivity index (χ4n) is 3.24. The summed E-state index contributed by atoms with van der Waals surface area (Å²) >= 11 is 1.84. The summed E-state index contributed by atoms with van der Waals surface area (Å²) in [6.07, 6.45) is 6.30. The first-order valence-electron chi connectivity index (χ1n) is 8.80. The molecule has 0 amide bonds. The van der Waals surface area contributed by atoms with Crippen molar-refractivity contribution in [3.8, 4) is 10.6 Å². The van der Waals surface area contributed by atoms with Crippen molar-refractivity contribution in [3.63, 3.8) is 0 Å². The molecule has 0 bridgehead atoms. The highest BCUT2D eigenvalue weighted by Gasteiger charge is 2.16. The molecule has 1 aliphatic rings. The third-order valence-electron chi connectivity index (χ3n) is 4.51. The van der Waals surface area contributed by atoms with Crippen molar-refractivity contribution in [2.45, 2.75) is 39.5 Å². The molecule has 2 aromatic rings. The number of aromatic nitrogens is 1. The van der Waals surface area contributed by atoms with Crippen LogP contribution in [0.1, 0.15) is 41.5 Å². The van der Waals surface area contributed by atoms with Gasteiger partial charge in [0.05, 0.1) is 18.9 Å². The van der Waals surface area contributed by atoms with E-state index in [0.29, 0.717) is 6.54 Å². The third kappa shape index (κ3) is 3.61. The van der Waals surface area contributed by atoms with E-state index in [-0.39, 0.29) is 0 Å². The summed E-state index contributed by atoms with van der Waals surface area (Å²) in [6.45, 7) is 6.62. The van der Waals surface area contributed by atoms with E-state index < -0.39 is 0 Å². The van der Waals surface area contributed by atoms with E-state index in [0.717, 1.165) is 43.9 Å². The topological polar surface area (TPSA) is 48.1 Å². The molecule has 0 saturated heterocycles. The maximum absolute atomic E-state index is 5.77. The normalized spacial score (nSPS) is 14.7. The number of ether oxygens (including phenoxy) is 1. The Hall–Kier alpha value is -1.49. The van der Waals surface area contributed by atoms with Crippen molar-refractivity contribution in [2.24, 2.45) is 5.73 Å². The molecule has 128 valence electrons. The zero-order valence-corrected chi connectivity index (χ0v) is 15.4. The van der Waals surface area contributed by atoms with Crippen LogP contribution in [-0.2, 0) is 17.6 Å². The number of nitrogens with two attached hydrogens (primary N) is 1. The van der Waals surface area contributed by atoms with E-state index in [1.165, 1.54) is 32.8 Å². The number of rotatable bonds is 6. The van der Waals surface area contributed by atoms with Gasteiger partial charge in [-0.05, 0) is 43.0 Å². The van der Waals surface area contributed by atoms with Crippen molar-refractivity contribution < 1.29 is 4.74 Å². The zero-order valence-electron chi connectivity index (χ0n) is 14.6. The first kappa shape index (κ1) is 17.3. The average Bonchev–Trinajstić information content (AvgIpc) is 2.99. The van der Waals surface area contributed by atoms with E-state index in [2.05, 4.69) is 38.1 Å². The van der Waals surface area contributed by atoms with Crippen LogP contribution >= 0.6 is 11.3 Å². The lowest BCUT2D eigenvalue weighted by Gasteiger charge is -2.17. The van der Waals surface area contributed by atoms with E-state index in [4.69, 9.17) is 15.5 Å². The number of nitrogens with zero attached hydrogens (tertiary/aromatic N) is 1. The predicted octanol–water partition coefficient (Wildman–Crippen LogP) is 4.38. The van der Waals surface area contributed by atoms with Crippen LogP contribution in [0.15, 0.2) is 24.3 Å². The highest BCUT2D eigenvalue weighted by molar-refractivity contribution is 7.15. The minimum absolute atomic E-state index is 0.659. The highest BCUT2D eigenvalue weighted by Crippen LogP contribution is 2.35. The molecule has 3 rings (SSSR count). The molecule has 24 heavy (non-hydrogen) atoms. The first-order chi connectivity index (χ1) is 11.7. The first-order valence-corrected chi connectivity index (χ1v) is 9.62. The van der Waals surface area contributed by atoms with E-state index >= 15 is 0 Å². The number of hydrogen-bond acceptors (Lipinski definition) is 4. The second-order valence-corrected chi connectivity index (χ2v) is 7.29. The van der Waals surface area contributed by atoms with Crippen molar-refractivity contribution in [3.05, 3.63) is 46.0 Å². The van der Waals surface area contributed by atoms with Crippen LogP contribution in [0.2, 0.25) is 0 Å². The second-order valence-electron chi connectivity index (χ2n) is 6.21. The van der Waals surface area contributed by atoms with Crippen LogP contribution in [0, 0.1) is 6.92 Å². The van der Waals surface area contributed by atoms with Gasteiger partial charge < -0.3 is 10.5 Å². The Morgan fingerprint density at radius 3 is 2.79 bits per heavy atom. The number of aryl methyl sites for hydroxylation is 1. The molecule has 0 radical (unpaired) electrons. The molecular formula is C20H26N2OS. The van der Waals surface area contributed by atoms with Crippen molar-refractivity contribution in [2.75, 3.05) is 19.8 Å². The summed E-state index contributed by atoms with van der Waals surface area (Å²) < 4.78 is 5.45. The Morgan fingerprint density at radius 1 is 1.25 bits per heavy atom. The van der Waals surface area contributed by atoms with Crippen LogP contribution in [0.4, 0.5) is 0 Å². The summed E-state index contributed by atoms with van der Waals surface area (Å²) in [5.74, 6) is 0. The molecule has 0 saturated carbocycles. The van der Waals surface area contributed by atoms with Crippen LogP contribution in [-0.4, -0.2) is 24.7 Å². The molecular weight excluding hydrogens is 316 g/mol. The summed E-state index contributed by atoms with van der Waals surface area (Å²) in [5.41, 5.74) is 12.3. The zero-order chi connectivity index (χ0) is 16.9. The fourth-order valence-corrected chi connectivity index (χ4v) is 4.53. The lowest BCUT2D eigenvalue weighted by atomic mass is 9.94. The van der Waals surface area contributed by atoms with Crippen molar-refractivity contribution >= 4 is 16.9 Å². The van der Waals surface area contributed by atoms with Crippen LogP contribution in [0.5, 0.6) is 0 Å². The smallest absolute Gasteiger partial charge is 0.124 e. The van der Waals surface area contributed by atoms with Gasteiger partial charge in [-0.25, -0.2) is 4.98 Å². The Balaban J connectivity index is 2.00. The minimum atomic E-state index is 0.659. The predicted molar refractivity (Wildman–Crippen MR) is 102 cm³/mol. The van der Waals surface area contributed by atoms with Crippen LogP contribution in [0.3, 0.4) is 0 Å². The summed E-state index contributed by atoms with van der Waals surface area (Å²) in [4.78, 5) is 6.33. The second kappa shape index (κ2) is 8.06. The SMILES string of the molecule is CCCc1sc(-c2cccc(C3=CCOCC3)c2C)nc1CCN. The minimum Gasteiger partial charge on any atom is -0.377 e. The quantitative estimate of drug-likeness (QED) is 0.847. The summed E-state index contributed by atoms with van der Waals surface area (Å²) in [7, 11) is 0. The molecule has 2 heterocycles. The van der Waals surface area contributed by atoms with Gasteiger partial charge in [0.2, 0.25) is 0 Å². The standard InChI is InChI=1S/C20H26N2OS/c1-3-5-19-18(8-11-21)22-20(24-19)17-7-4-6-16(14(17)2)15-9-12-23-13-10-15/h4,6-7,9H,3,5,8,10-13,21H2,1-2H3. The van der Waals surface area contributed by atoms with E-state index in [1.807, 2.05) is 11.3 Å². The van der Waals surface area contributed by atoms with Gasteiger partial charge in [-0.3, -0.25) is 0 Å². The molecule has 4 heteroatoms. The van der Waals surface area contributed by atoms with Gasteiger partial charge in [-0.1, -0.05) is 37.6 Å². The molecule has 0 atom stereocenters. The van der Waals surface area contributed by atoms with E-state index in [9.17, 15) is 0 Å². The average molecular weight is 343 g/mol. The largest absolute Gasteiger partial charge is 0.377 e. The highest BCUT2D eigenvalue weighted by atomic mass is 32.1. The van der Waals surface area contributed by atoms with Gasteiger partial charge >= 0.3 is 0 Å². The Labute approximate surface area is 148 Å². The summed E-state index contributed by atoms with van der Waals surface area (Å²) in [5, 5.41) is 1.13. The maximum Gasteiger partial charge on any atom is 0.124 e. The van der Waals surface area contributed by atoms with Crippen LogP contribution < -0.4 is 5.73 Å². The van der Waals surface area contributed by atoms with Gasteiger partial charge in [-0.15, -0.1) is 11.3 Å². The van der Waals surface area contributed by atoms with Gasteiger partial charge in [0, 0.05) is 16.9 Å². The Kier molecular flexibility index (Phi) is 5.82. The Bertz CT molecular complexity index is 710. The van der Waals surface area contributed by atoms with Gasteiger partial charge in [0.25, 0.3) is 0 Å².